The van der Waals surface area contributed by atoms with Crippen molar-refractivity contribution in [3.63, 3.8) is 0 Å². The van der Waals surface area contributed by atoms with Gasteiger partial charge in [-0.15, -0.1) is 0 Å². The molecule has 0 heterocycles. The van der Waals surface area contributed by atoms with Crippen LogP contribution in [0.4, 0.5) is 0 Å². The van der Waals surface area contributed by atoms with Crippen molar-refractivity contribution < 1.29 is 4.79 Å². The molecule has 0 aliphatic heterocycles. The maximum atomic E-state index is 12.0. The highest BCUT2D eigenvalue weighted by Crippen LogP contribution is 2.49. The Morgan fingerprint density at radius 2 is 2.29 bits per heavy atom. The van der Waals surface area contributed by atoms with Crippen LogP contribution in [0.3, 0.4) is 0 Å². The van der Waals surface area contributed by atoms with Gasteiger partial charge in [0, 0.05) is 11.8 Å². The van der Waals surface area contributed by atoms with Gasteiger partial charge < -0.3 is 0 Å². The van der Waals surface area contributed by atoms with E-state index < -0.39 is 0 Å². The molecule has 2 aliphatic rings. The van der Waals surface area contributed by atoms with E-state index in [0.29, 0.717) is 11.7 Å². The molecule has 1 fully saturated rings. The highest BCUT2D eigenvalue weighted by Gasteiger charge is 2.46. The van der Waals surface area contributed by atoms with E-state index in [4.69, 9.17) is 0 Å². The lowest BCUT2D eigenvalue weighted by Crippen LogP contribution is -2.44. The summed E-state index contributed by atoms with van der Waals surface area (Å²) in [4.78, 5) is 12.0. The van der Waals surface area contributed by atoms with E-state index in [-0.39, 0.29) is 5.41 Å². The van der Waals surface area contributed by atoms with Crippen LogP contribution < -0.4 is 0 Å². The van der Waals surface area contributed by atoms with Crippen LogP contribution in [0.15, 0.2) is 12.2 Å². The summed E-state index contributed by atoms with van der Waals surface area (Å²) in [6, 6.07) is 0. The predicted octanol–water partition coefficient (Wildman–Crippen LogP) is 3.35. The topological polar surface area (TPSA) is 17.1 Å². The van der Waals surface area contributed by atoms with Gasteiger partial charge in [0.25, 0.3) is 0 Å². The Morgan fingerprint density at radius 3 is 3.00 bits per heavy atom. The van der Waals surface area contributed by atoms with Crippen LogP contribution in [-0.2, 0) is 4.79 Å². The van der Waals surface area contributed by atoms with Crippen LogP contribution in [0.25, 0.3) is 0 Å². The minimum atomic E-state index is -0.0202. The lowest BCUT2D eigenvalue weighted by Gasteiger charge is -2.46. The van der Waals surface area contributed by atoms with Gasteiger partial charge in [-0.3, -0.25) is 4.79 Å². The number of Topliss-reactive ketones (excluding diaryl/α,β-unsaturated/α-hetero) is 1. The van der Waals surface area contributed by atoms with E-state index in [1.165, 1.54) is 6.42 Å². The predicted molar refractivity (Wildman–Crippen MR) is 58.0 cm³/mol. The zero-order valence-electron chi connectivity index (χ0n) is 9.25. The van der Waals surface area contributed by atoms with E-state index in [9.17, 15) is 4.79 Å². The molecule has 0 aromatic rings. The molecule has 0 aromatic heterocycles. The zero-order chi connectivity index (χ0) is 10.2. The minimum Gasteiger partial charge on any atom is -0.299 e. The zero-order valence-corrected chi connectivity index (χ0v) is 9.25. The maximum absolute atomic E-state index is 12.0. The van der Waals surface area contributed by atoms with E-state index in [1.807, 2.05) is 0 Å². The number of fused-ring (bicyclic) bond motifs is 1. The summed E-state index contributed by atoms with van der Waals surface area (Å²) in [6.45, 7) is 4.45. The quantitative estimate of drug-likeness (QED) is 0.582. The smallest absolute Gasteiger partial charge is 0.139 e. The first kappa shape index (κ1) is 9.95. The van der Waals surface area contributed by atoms with Crippen molar-refractivity contribution in [3.8, 4) is 0 Å². The monoisotopic (exact) mass is 192 g/mol. The number of ketones is 1. The Labute approximate surface area is 86.6 Å². The number of rotatable bonds is 1. The van der Waals surface area contributed by atoms with Crippen LogP contribution in [0.1, 0.15) is 46.0 Å². The molecule has 1 heteroatoms. The van der Waals surface area contributed by atoms with Crippen LogP contribution in [0, 0.1) is 17.3 Å². The third-order valence-corrected chi connectivity index (χ3v) is 4.39. The Hall–Kier alpha value is -0.590. The van der Waals surface area contributed by atoms with E-state index in [2.05, 4.69) is 26.0 Å². The number of hydrogen-bond acceptors (Lipinski definition) is 1. The van der Waals surface area contributed by atoms with Gasteiger partial charge >= 0.3 is 0 Å². The van der Waals surface area contributed by atoms with Gasteiger partial charge in [-0.2, -0.15) is 0 Å². The fourth-order valence-corrected chi connectivity index (χ4v) is 3.31. The van der Waals surface area contributed by atoms with E-state index in [1.54, 1.807) is 0 Å². The summed E-state index contributed by atoms with van der Waals surface area (Å²) in [7, 11) is 0. The number of carbonyl (C=O) groups excluding carboxylic acids is 1. The normalized spacial score (nSPS) is 42.3. The fourth-order valence-electron chi connectivity index (χ4n) is 3.31. The third kappa shape index (κ3) is 1.34. The summed E-state index contributed by atoms with van der Waals surface area (Å²) in [5.74, 6) is 1.91. The number of allylic oxidation sites excluding steroid dienone is 2. The SMILES string of the molecule is CCC1CCC(=O)C2(C)CC=CCC12. The van der Waals surface area contributed by atoms with Crippen LogP contribution in [-0.4, -0.2) is 5.78 Å². The molecule has 0 spiro atoms. The van der Waals surface area contributed by atoms with Crippen molar-refractivity contribution >= 4 is 5.78 Å². The number of hydrogen-bond donors (Lipinski definition) is 0. The molecule has 0 aromatic carbocycles. The van der Waals surface area contributed by atoms with Gasteiger partial charge in [0.05, 0.1) is 0 Å². The van der Waals surface area contributed by atoms with Gasteiger partial charge in [-0.25, -0.2) is 0 Å². The maximum Gasteiger partial charge on any atom is 0.139 e. The third-order valence-electron chi connectivity index (χ3n) is 4.39. The molecular weight excluding hydrogens is 172 g/mol. The molecule has 0 saturated heterocycles. The molecule has 1 saturated carbocycles. The molecule has 0 amide bonds. The standard InChI is InChI=1S/C13H20O/c1-3-10-7-8-12(14)13(2)9-5-4-6-11(10)13/h4-5,10-11H,3,6-9H2,1-2H3. The van der Waals surface area contributed by atoms with Crippen molar-refractivity contribution in [2.24, 2.45) is 17.3 Å². The highest BCUT2D eigenvalue weighted by atomic mass is 16.1. The van der Waals surface area contributed by atoms with Crippen molar-refractivity contribution in [1.82, 2.24) is 0 Å². The van der Waals surface area contributed by atoms with Gasteiger partial charge in [0.15, 0.2) is 0 Å². The molecule has 0 radical (unpaired) electrons. The second-order valence-corrected chi connectivity index (χ2v) is 5.07. The largest absolute Gasteiger partial charge is 0.299 e. The molecule has 3 unspecified atom stereocenters. The van der Waals surface area contributed by atoms with Gasteiger partial charge in [0.2, 0.25) is 0 Å². The van der Waals surface area contributed by atoms with Crippen molar-refractivity contribution in [2.45, 2.75) is 46.0 Å². The molecule has 0 bridgehead atoms. The summed E-state index contributed by atoms with van der Waals surface area (Å²) in [5.41, 5.74) is -0.0202. The average Bonchev–Trinajstić information content (AvgIpc) is 2.20. The number of carbonyl (C=O) groups is 1. The first-order valence-corrected chi connectivity index (χ1v) is 5.86. The Bertz CT molecular complexity index is 266. The molecule has 78 valence electrons. The second-order valence-electron chi connectivity index (χ2n) is 5.07. The van der Waals surface area contributed by atoms with Crippen molar-refractivity contribution in [2.75, 3.05) is 0 Å². The Balaban J connectivity index is 2.28. The van der Waals surface area contributed by atoms with Gasteiger partial charge in [-0.05, 0) is 31.1 Å². The molecule has 0 N–H and O–H groups in total. The van der Waals surface area contributed by atoms with E-state index >= 15 is 0 Å². The minimum absolute atomic E-state index is 0.0202. The van der Waals surface area contributed by atoms with Crippen LogP contribution >= 0.6 is 0 Å². The first-order chi connectivity index (χ1) is 6.68. The molecule has 2 rings (SSSR count). The summed E-state index contributed by atoms with van der Waals surface area (Å²) >= 11 is 0. The summed E-state index contributed by atoms with van der Waals surface area (Å²) < 4.78 is 0. The van der Waals surface area contributed by atoms with E-state index in [0.717, 1.165) is 31.6 Å². The van der Waals surface area contributed by atoms with Crippen molar-refractivity contribution in [3.05, 3.63) is 12.2 Å². The van der Waals surface area contributed by atoms with Crippen LogP contribution in [0.5, 0.6) is 0 Å². The molecule has 14 heavy (non-hydrogen) atoms. The molecule has 3 atom stereocenters. The summed E-state index contributed by atoms with van der Waals surface area (Å²) in [5, 5.41) is 0. The average molecular weight is 192 g/mol. The van der Waals surface area contributed by atoms with Crippen LogP contribution in [0.2, 0.25) is 0 Å². The molecule has 1 nitrogen and oxygen atoms in total. The lowest BCUT2D eigenvalue weighted by atomic mass is 9.57. The molecular formula is C13H20O. The van der Waals surface area contributed by atoms with Gasteiger partial charge in [0.1, 0.15) is 5.78 Å². The Kier molecular flexibility index (Phi) is 2.50. The Morgan fingerprint density at radius 1 is 1.50 bits per heavy atom. The molecule has 2 aliphatic carbocycles. The first-order valence-electron chi connectivity index (χ1n) is 5.86. The lowest BCUT2D eigenvalue weighted by molar-refractivity contribution is -0.136. The van der Waals surface area contributed by atoms with Crippen molar-refractivity contribution in [1.29, 1.82) is 0 Å². The van der Waals surface area contributed by atoms with Gasteiger partial charge in [-0.1, -0.05) is 32.4 Å². The fraction of sp³-hybridized carbons (Fsp3) is 0.769. The highest BCUT2D eigenvalue weighted by molar-refractivity contribution is 5.86. The second kappa shape index (κ2) is 3.52. The summed E-state index contributed by atoms with van der Waals surface area (Å²) in [6.07, 6.45) is 9.76.